The molecule has 12 aliphatic carbocycles. The van der Waals surface area contributed by atoms with E-state index in [0.29, 0.717) is 81.5 Å². The number of hydrogen-bond acceptors (Lipinski definition) is 12. The van der Waals surface area contributed by atoms with Gasteiger partial charge in [-0.3, -0.25) is 19.2 Å². The molecule has 12 aliphatic rings. The van der Waals surface area contributed by atoms with Gasteiger partial charge in [0.05, 0.1) is 44.7 Å². The van der Waals surface area contributed by atoms with Crippen LogP contribution in [0.1, 0.15) is 168 Å². The van der Waals surface area contributed by atoms with Gasteiger partial charge < -0.3 is 0 Å². The Morgan fingerprint density at radius 1 is 0.430 bits per heavy atom. The topological polar surface area (TPSA) is 253 Å². The summed E-state index contributed by atoms with van der Waals surface area (Å²) in [6.45, 7) is 19.5. The predicted molar refractivity (Wildman–Crippen MR) is 367 cm³/mol. The second-order valence-electron chi connectivity index (χ2n) is 31.4. The molecule has 4 N–H and O–H groups in total. The third kappa shape index (κ3) is 9.68. The molecule has 0 radical (unpaired) electrons. The normalized spacial score (nSPS) is 40.7. The maximum Gasteiger partial charge on any atom is 0.212 e. The quantitative estimate of drug-likeness (QED) is 0.0481. The Balaban J connectivity index is 0.000000172. The summed E-state index contributed by atoms with van der Waals surface area (Å²) in [7, 11) is -14.4. The number of carbonyl (C=O) groups is 4. The van der Waals surface area contributed by atoms with Crippen LogP contribution in [0.15, 0.2) is 70.8 Å². The maximum absolute atomic E-state index is 14.2. The van der Waals surface area contributed by atoms with Crippen molar-refractivity contribution in [2.24, 2.45) is 96.6 Å². The summed E-state index contributed by atoms with van der Waals surface area (Å²) in [4.78, 5) is 55.9. The smallest absolute Gasteiger partial charge is 0.212 e. The Hall–Kier alpha value is -3.80. The summed E-state index contributed by atoms with van der Waals surface area (Å²) < 4.78 is 115. The first-order valence-electron chi connectivity index (χ1n) is 34.5. The van der Waals surface area contributed by atoms with Crippen LogP contribution in [0.25, 0.3) is 24.3 Å². The molecule has 0 bridgehead atoms. The third-order valence-electron chi connectivity index (χ3n) is 27.9. The summed E-state index contributed by atoms with van der Waals surface area (Å²) >= 11 is 3.50. The highest BCUT2D eigenvalue weighted by Gasteiger charge is 2.84. The zero-order chi connectivity index (χ0) is 66.9. The molecule has 0 aliphatic heterocycles. The van der Waals surface area contributed by atoms with Crippen LogP contribution < -0.4 is 18.9 Å². The summed E-state index contributed by atoms with van der Waals surface area (Å²) in [6.07, 6.45) is 18.9. The number of Topliss-reactive ketones (excluding diaryl/α,β-unsaturated/α-hetero) is 4. The largest absolute Gasteiger partial charge is 0.294 e. The van der Waals surface area contributed by atoms with E-state index < -0.39 is 61.8 Å². The number of benzene rings is 2. The van der Waals surface area contributed by atoms with Crippen LogP contribution in [0.4, 0.5) is 0 Å². The molecule has 0 heterocycles. The first-order valence-corrected chi connectivity index (χ1v) is 42.0. The van der Waals surface area contributed by atoms with E-state index in [1.54, 1.807) is 13.8 Å². The van der Waals surface area contributed by atoms with E-state index in [4.69, 9.17) is 0 Å². The fourth-order valence-electron chi connectivity index (χ4n) is 22.0. The average molecular weight is 1420 g/mol. The lowest BCUT2D eigenvalue weighted by molar-refractivity contribution is -0.196. The molecule has 93 heavy (non-hydrogen) atoms. The molecule has 12 fully saturated rings. The van der Waals surface area contributed by atoms with Gasteiger partial charge in [0.2, 0.25) is 40.1 Å². The van der Waals surface area contributed by atoms with Crippen molar-refractivity contribution in [2.45, 2.75) is 151 Å². The molecule has 14 rings (SSSR count). The number of allylic oxidation sites excluding steroid dienone is 4. The second-order valence-corrected chi connectivity index (χ2v) is 39.9. The fourth-order valence-corrected chi connectivity index (χ4v) is 29.4. The molecule has 0 amide bonds. The van der Waals surface area contributed by atoms with Crippen molar-refractivity contribution in [3.8, 4) is 0 Å². The number of hydrogen-bond donors (Lipinski definition) is 4. The molecule has 2 aromatic rings. The van der Waals surface area contributed by atoms with Crippen molar-refractivity contribution in [3.05, 3.63) is 93.1 Å². The van der Waals surface area contributed by atoms with Crippen molar-refractivity contribution in [1.82, 2.24) is 18.9 Å². The molecule has 0 spiro atoms. The Kier molecular flexibility index (Phi) is 16.7. The molecule has 18 unspecified atom stereocenters. The molecule has 16 nitrogen and oxygen atoms in total. The predicted octanol–water partition coefficient (Wildman–Crippen LogP) is 10.5. The number of alkyl halides is 1. The van der Waals surface area contributed by atoms with E-state index in [9.17, 15) is 52.8 Å². The lowest BCUT2D eigenvalue weighted by atomic mass is 9.36. The molecule has 0 aromatic heterocycles. The van der Waals surface area contributed by atoms with Gasteiger partial charge in [-0.15, -0.1) is 0 Å². The van der Waals surface area contributed by atoms with E-state index >= 15 is 0 Å². The van der Waals surface area contributed by atoms with Crippen LogP contribution in [0, 0.1) is 96.6 Å². The fraction of sp³-hybridized carbons (Fsp3) is 0.667. The Labute approximate surface area is 560 Å². The van der Waals surface area contributed by atoms with E-state index in [-0.39, 0.29) is 96.3 Å². The minimum absolute atomic E-state index is 0.00533. The highest BCUT2D eigenvalue weighted by molar-refractivity contribution is 9.09. The number of ketones is 4. The number of carbonyl (C=O) groups excluding carboxylic acids is 4. The third-order valence-corrected chi connectivity index (χ3v) is 35.0. The van der Waals surface area contributed by atoms with Gasteiger partial charge >= 0.3 is 0 Å². The van der Waals surface area contributed by atoms with Crippen LogP contribution in [-0.2, 0) is 59.3 Å². The number of halogens is 1. The summed E-state index contributed by atoms with van der Waals surface area (Å²) in [6, 6.07) is 15.6. The highest BCUT2D eigenvalue weighted by Crippen LogP contribution is 2.84. The zero-order valence-electron chi connectivity index (χ0n) is 55.5. The van der Waals surface area contributed by atoms with Crippen LogP contribution in [-0.4, -0.2) is 111 Å². The van der Waals surface area contributed by atoms with Crippen LogP contribution in [0.3, 0.4) is 0 Å². The van der Waals surface area contributed by atoms with Crippen molar-refractivity contribution in [1.29, 1.82) is 0 Å². The summed E-state index contributed by atoms with van der Waals surface area (Å²) in [5.74, 6) is 1.48. The van der Waals surface area contributed by atoms with Gasteiger partial charge in [-0.25, -0.2) is 52.6 Å². The summed E-state index contributed by atoms with van der Waals surface area (Å²) in [5.41, 5.74) is 1.83. The van der Waals surface area contributed by atoms with Gasteiger partial charge in [0.25, 0.3) is 0 Å². The van der Waals surface area contributed by atoms with Crippen LogP contribution in [0.2, 0.25) is 0 Å². The van der Waals surface area contributed by atoms with Crippen LogP contribution >= 0.6 is 15.9 Å². The van der Waals surface area contributed by atoms with E-state index in [2.05, 4.69) is 76.4 Å². The lowest BCUT2D eigenvalue weighted by Crippen LogP contribution is -2.67. The highest BCUT2D eigenvalue weighted by atomic mass is 79.9. The molecule has 2 aromatic carbocycles. The molecule has 18 atom stereocenters. The van der Waals surface area contributed by atoms with Crippen LogP contribution in [0.5, 0.6) is 0 Å². The minimum Gasteiger partial charge on any atom is -0.294 e. The van der Waals surface area contributed by atoms with Gasteiger partial charge in [-0.05, 0) is 186 Å². The standard InChI is InChI=1S/C40H55BrN2O6S2.C32H40N2O6S2/c1-6-9-10-25(7-2)21-42-50(46,47)23-39-19-28-17-33(37(28,39)4)31(35(39)44)15-26-11-13-27(14-12-26)16-32-34-18-29-20-40(36(32)45,38(29,34)5)24-51(48,49)43-22-30(41)8-3;1-5-33-41(37,38)17-31-15-21-13-25(29(21,31)3)23(27(31)35)11-19-7-9-20(10-8-19)12-24-26-14-22-16-32(28(24)36,30(22,26)4)18-42(39,40)34-6-2/h11-16,25,28-30,33-34,42-43H,6-10,17-24H2,1-5H3;7-12,21-22,25-26,33-34H,5-6,13-18H2,1-4H3/b31-15+,32-16+;23-11+,24-12+. The SMILES string of the molecule is CCCCC(CC)CNS(=O)(=O)CC12CC3CC(/C(=C\c4ccc(/C=C5/C(=O)C6(CS(=O)(=O)NCC(Br)CC)CC7CC5C76C)cc4)C1=O)C32C.CCNS(=O)(=O)CC12CC3CC(/C(=C\c4ccc(/C=C5/C(=O)C6(CS(=O)(=O)NCC)CC7CC5C76C)cc4)C1=O)C32C. The van der Waals surface area contributed by atoms with Crippen molar-refractivity contribution in [2.75, 3.05) is 49.2 Å². The van der Waals surface area contributed by atoms with E-state index in [1.165, 1.54) is 0 Å². The molecule has 21 heteroatoms. The number of sulfonamides is 4. The first-order chi connectivity index (χ1) is 43.7. The monoisotopic (exact) mass is 1410 g/mol. The van der Waals surface area contributed by atoms with Gasteiger partial charge in [0, 0.05) is 53.3 Å². The molecule has 0 saturated heterocycles. The van der Waals surface area contributed by atoms with Gasteiger partial charge in [0.15, 0.2) is 23.1 Å². The second kappa shape index (κ2) is 22.9. The Morgan fingerprint density at radius 2 is 0.699 bits per heavy atom. The van der Waals surface area contributed by atoms with Gasteiger partial charge in [-0.2, -0.15) is 0 Å². The molecule has 12 saturated carbocycles. The maximum atomic E-state index is 14.2. The molecule has 506 valence electrons. The lowest BCUT2D eigenvalue weighted by Gasteiger charge is -2.67. The number of nitrogens with one attached hydrogen (secondary N) is 4. The van der Waals surface area contributed by atoms with Crippen molar-refractivity contribution >= 4 is 103 Å². The average Bonchev–Trinajstić information content (AvgIpc) is 1.54. The molecular formula is C72H95BrN4O12S4. The number of rotatable bonds is 27. The van der Waals surface area contributed by atoms with E-state index in [0.717, 1.165) is 102 Å². The molecular weight excluding hydrogens is 1320 g/mol. The number of unbranched alkanes of at least 4 members (excludes halogenated alkanes) is 1. The van der Waals surface area contributed by atoms with E-state index in [1.807, 2.05) is 79.8 Å². The van der Waals surface area contributed by atoms with Crippen molar-refractivity contribution < 1.29 is 52.8 Å². The van der Waals surface area contributed by atoms with Gasteiger partial charge in [0.1, 0.15) is 0 Å². The Morgan fingerprint density at radius 3 is 0.935 bits per heavy atom. The summed E-state index contributed by atoms with van der Waals surface area (Å²) in [5, 5.41) is 0. The Bertz CT molecular complexity index is 3990. The zero-order valence-corrected chi connectivity index (χ0v) is 60.3. The van der Waals surface area contributed by atoms with Crippen molar-refractivity contribution in [3.63, 3.8) is 0 Å². The first kappa shape index (κ1) is 67.8. The van der Waals surface area contributed by atoms with Gasteiger partial charge in [-0.1, -0.05) is 146 Å². The minimum atomic E-state index is -3.64.